The summed E-state index contributed by atoms with van der Waals surface area (Å²) in [5, 5.41) is 3.18. The minimum absolute atomic E-state index is 0.0125. The van der Waals surface area contributed by atoms with Crippen LogP contribution in [0.5, 0.6) is 0 Å². The molecule has 2 aliphatic heterocycles. The number of nitrogens with zero attached hydrogens (tertiary/aromatic N) is 2. The Hall–Kier alpha value is -2.33. The molecule has 1 amide bonds. The van der Waals surface area contributed by atoms with Crippen LogP contribution in [0.1, 0.15) is 46.8 Å². The molecule has 1 atom stereocenters. The predicted molar refractivity (Wildman–Crippen MR) is 110 cm³/mol. The SMILES string of the molecule is CN1CCc2cc([C@@H](CNC(=O)c3ccccc3)N3CCCCC3)ccc21. The van der Waals surface area contributed by atoms with Gasteiger partial charge in [0.25, 0.3) is 5.91 Å². The van der Waals surface area contributed by atoms with Crippen LogP contribution in [0.3, 0.4) is 0 Å². The van der Waals surface area contributed by atoms with Gasteiger partial charge >= 0.3 is 0 Å². The maximum absolute atomic E-state index is 12.6. The second kappa shape index (κ2) is 8.13. The fraction of sp³-hybridized carbons (Fsp3) is 0.435. The Kier molecular flexibility index (Phi) is 5.44. The normalized spacial score (nSPS) is 18.2. The number of fused-ring (bicyclic) bond motifs is 1. The van der Waals surface area contributed by atoms with Crippen molar-refractivity contribution in [3.05, 3.63) is 65.2 Å². The number of nitrogens with one attached hydrogen (secondary N) is 1. The Balaban J connectivity index is 1.53. The molecule has 2 heterocycles. The number of hydrogen-bond donors (Lipinski definition) is 1. The van der Waals surface area contributed by atoms with Crippen molar-refractivity contribution < 1.29 is 4.79 Å². The number of likely N-dealkylation sites (N-methyl/N-ethyl adjacent to an activating group) is 1. The second-order valence-electron chi connectivity index (χ2n) is 7.75. The fourth-order valence-corrected chi connectivity index (χ4v) is 4.36. The number of carbonyl (C=O) groups is 1. The molecular weight excluding hydrogens is 334 g/mol. The number of amides is 1. The van der Waals surface area contributed by atoms with Crippen molar-refractivity contribution in [2.24, 2.45) is 0 Å². The third kappa shape index (κ3) is 4.01. The summed E-state index contributed by atoms with van der Waals surface area (Å²) in [4.78, 5) is 17.4. The van der Waals surface area contributed by atoms with Gasteiger partial charge in [-0.2, -0.15) is 0 Å². The van der Waals surface area contributed by atoms with Gasteiger partial charge in [0.05, 0.1) is 6.04 Å². The number of hydrogen-bond acceptors (Lipinski definition) is 3. The predicted octanol–water partition coefficient (Wildman–Crippen LogP) is 3.64. The summed E-state index contributed by atoms with van der Waals surface area (Å²) in [6.45, 7) is 3.98. The molecule has 2 aromatic carbocycles. The summed E-state index contributed by atoms with van der Waals surface area (Å²) >= 11 is 0. The first kappa shape index (κ1) is 18.1. The third-order valence-electron chi connectivity index (χ3n) is 5.94. The van der Waals surface area contributed by atoms with Crippen LogP contribution in [0.4, 0.5) is 5.69 Å². The zero-order valence-electron chi connectivity index (χ0n) is 16.2. The van der Waals surface area contributed by atoms with E-state index in [0.717, 1.165) is 31.6 Å². The Morgan fingerprint density at radius 3 is 2.59 bits per heavy atom. The van der Waals surface area contributed by atoms with Crippen LogP contribution in [0, 0.1) is 0 Å². The van der Waals surface area contributed by atoms with Crippen LogP contribution in [0.15, 0.2) is 48.5 Å². The summed E-state index contributed by atoms with van der Waals surface area (Å²) in [6.07, 6.45) is 4.92. The van der Waals surface area contributed by atoms with Crippen LogP contribution in [0.25, 0.3) is 0 Å². The molecule has 142 valence electrons. The molecule has 4 heteroatoms. The maximum atomic E-state index is 12.6. The number of likely N-dealkylation sites (tertiary alicyclic amines) is 1. The molecule has 1 N–H and O–H groups in total. The molecule has 0 radical (unpaired) electrons. The highest BCUT2D eigenvalue weighted by molar-refractivity contribution is 5.94. The molecule has 0 aromatic heterocycles. The van der Waals surface area contributed by atoms with Gasteiger partial charge in [-0.05, 0) is 61.7 Å². The van der Waals surface area contributed by atoms with E-state index in [-0.39, 0.29) is 11.9 Å². The van der Waals surface area contributed by atoms with Gasteiger partial charge in [0.15, 0.2) is 0 Å². The molecule has 2 aliphatic rings. The highest BCUT2D eigenvalue weighted by atomic mass is 16.1. The second-order valence-corrected chi connectivity index (χ2v) is 7.75. The average Bonchev–Trinajstić information content (AvgIpc) is 3.10. The van der Waals surface area contributed by atoms with Crippen molar-refractivity contribution in [1.82, 2.24) is 10.2 Å². The highest BCUT2D eigenvalue weighted by Crippen LogP contribution is 2.32. The standard InChI is InChI=1S/C23H29N3O/c1-25-15-12-20-16-19(10-11-21(20)25)22(26-13-6-3-7-14-26)17-24-23(27)18-8-4-2-5-9-18/h2,4-5,8-11,16,22H,3,6-7,12-15,17H2,1H3,(H,24,27)/t22-/m1/s1. The Morgan fingerprint density at radius 1 is 1.04 bits per heavy atom. The lowest BCUT2D eigenvalue weighted by Gasteiger charge is -2.35. The van der Waals surface area contributed by atoms with Crippen molar-refractivity contribution in [2.75, 3.05) is 38.1 Å². The molecule has 4 nitrogen and oxygen atoms in total. The van der Waals surface area contributed by atoms with Crippen LogP contribution >= 0.6 is 0 Å². The number of piperidine rings is 1. The van der Waals surface area contributed by atoms with Gasteiger partial charge in [-0.25, -0.2) is 0 Å². The van der Waals surface area contributed by atoms with E-state index in [2.05, 4.69) is 40.4 Å². The average molecular weight is 364 g/mol. The zero-order chi connectivity index (χ0) is 18.6. The Morgan fingerprint density at radius 2 is 1.81 bits per heavy atom. The van der Waals surface area contributed by atoms with Crippen molar-refractivity contribution in [2.45, 2.75) is 31.7 Å². The first-order chi connectivity index (χ1) is 13.2. The molecule has 0 unspecified atom stereocenters. The van der Waals surface area contributed by atoms with Crippen molar-refractivity contribution in [3.63, 3.8) is 0 Å². The summed E-state index contributed by atoms with van der Waals surface area (Å²) in [7, 11) is 2.16. The minimum atomic E-state index is 0.0125. The van der Waals surface area contributed by atoms with Gasteiger partial charge < -0.3 is 10.2 Å². The Bertz CT molecular complexity index is 783. The van der Waals surface area contributed by atoms with Crippen LogP contribution < -0.4 is 10.2 Å². The molecule has 0 spiro atoms. The number of rotatable bonds is 5. The summed E-state index contributed by atoms with van der Waals surface area (Å²) in [5.41, 5.74) is 4.85. The number of carbonyl (C=O) groups excluding carboxylic acids is 1. The fourth-order valence-electron chi connectivity index (χ4n) is 4.36. The lowest BCUT2D eigenvalue weighted by Crippen LogP contribution is -2.40. The molecule has 0 aliphatic carbocycles. The monoisotopic (exact) mass is 363 g/mol. The van der Waals surface area contributed by atoms with Gasteiger partial charge in [0.1, 0.15) is 0 Å². The Labute approximate surface area is 162 Å². The molecule has 2 aromatic rings. The largest absolute Gasteiger partial charge is 0.374 e. The number of benzene rings is 2. The smallest absolute Gasteiger partial charge is 0.251 e. The van der Waals surface area contributed by atoms with E-state index >= 15 is 0 Å². The van der Waals surface area contributed by atoms with Crippen molar-refractivity contribution in [1.29, 1.82) is 0 Å². The number of anilines is 1. The van der Waals surface area contributed by atoms with Gasteiger partial charge in [-0.15, -0.1) is 0 Å². The van der Waals surface area contributed by atoms with Crippen molar-refractivity contribution in [3.8, 4) is 0 Å². The summed E-state index contributed by atoms with van der Waals surface area (Å²) < 4.78 is 0. The van der Waals surface area contributed by atoms with E-state index in [4.69, 9.17) is 0 Å². The molecular formula is C23H29N3O. The first-order valence-electron chi connectivity index (χ1n) is 10.1. The molecule has 1 saturated heterocycles. The maximum Gasteiger partial charge on any atom is 0.251 e. The van der Waals surface area contributed by atoms with Crippen molar-refractivity contribution >= 4 is 11.6 Å². The molecule has 27 heavy (non-hydrogen) atoms. The van der Waals surface area contributed by atoms with Crippen LogP contribution in [-0.4, -0.2) is 44.0 Å². The van der Waals surface area contributed by atoms with Gasteiger partial charge in [0, 0.05) is 31.4 Å². The van der Waals surface area contributed by atoms with E-state index in [0.29, 0.717) is 6.54 Å². The topological polar surface area (TPSA) is 35.6 Å². The van der Waals surface area contributed by atoms with Gasteiger partial charge in [-0.1, -0.05) is 36.8 Å². The third-order valence-corrected chi connectivity index (χ3v) is 5.94. The van der Waals surface area contributed by atoms with Gasteiger partial charge in [0.2, 0.25) is 0 Å². The molecule has 0 bridgehead atoms. The van der Waals surface area contributed by atoms with E-state index in [9.17, 15) is 4.79 Å². The van der Waals surface area contributed by atoms with Crippen LogP contribution in [0.2, 0.25) is 0 Å². The quantitative estimate of drug-likeness (QED) is 0.881. The lowest BCUT2D eigenvalue weighted by atomic mass is 9.98. The lowest BCUT2D eigenvalue weighted by molar-refractivity contribution is 0.0924. The van der Waals surface area contributed by atoms with Gasteiger partial charge in [-0.3, -0.25) is 9.69 Å². The summed E-state index contributed by atoms with van der Waals surface area (Å²) in [6, 6.07) is 16.6. The highest BCUT2D eigenvalue weighted by Gasteiger charge is 2.25. The minimum Gasteiger partial charge on any atom is -0.374 e. The molecule has 0 saturated carbocycles. The summed E-state index contributed by atoms with van der Waals surface area (Å²) in [5.74, 6) is 0.0125. The van der Waals surface area contributed by atoms with E-state index in [1.165, 1.54) is 36.1 Å². The zero-order valence-corrected chi connectivity index (χ0v) is 16.2. The van der Waals surface area contributed by atoms with Crippen LogP contribution in [-0.2, 0) is 6.42 Å². The first-order valence-corrected chi connectivity index (χ1v) is 10.1. The van der Waals surface area contributed by atoms with E-state index < -0.39 is 0 Å². The molecule has 4 rings (SSSR count). The van der Waals surface area contributed by atoms with E-state index in [1.54, 1.807) is 0 Å². The van der Waals surface area contributed by atoms with E-state index in [1.807, 2.05) is 30.3 Å². The molecule has 1 fully saturated rings.